The number of hydrogen-bond donors (Lipinski definition) is 2. The summed E-state index contributed by atoms with van der Waals surface area (Å²) in [5, 5.41) is 12.9. The van der Waals surface area contributed by atoms with Gasteiger partial charge in [-0.3, -0.25) is 9.78 Å². The van der Waals surface area contributed by atoms with E-state index in [4.69, 9.17) is 4.74 Å². The molecule has 3 rings (SSSR count). The van der Waals surface area contributed by atoms with E-state index in [-0.39, 0.29) is 18.6 Å². The van der Waals surface area contributed by atoms with Gasteiger partial charge in [-0.1, -0.05) is 24.3 Å². The minimum atomic E-state index is -0.197. The summed E-state index contributed by atoms with van der Waals surface area (Å²) >= 11 is 0. The van der Waals surface area contributed by atoms with Crippen LogP contribution in [0.3, 0.4) is 0 Å². The van der Waals surface area contributed by atoms with Crippen LogP contribution in [0.25, 0.3) is 6.08 Å². The zero-order valence-corrected chi connectivity index (χ0v) is 14.2. The van der Waals surface area contributed by atoms with Crippen molar-refractivity contribution in [1.29, 1.82) is 0 Å². The molecule has 0 saturated heterocycles. The molecule has 1 aromatic heterocycles. The van der Waals surface area contributed by atoms with Crippen molar-refractivity contribution in [3.05, 3.63) is 70.7 Å². The Hall–Kier alpha value is -2.66. The van der Waals surface area contributed by atoms with Crippen LogP contribution in [0.4, 0.5) is 0 Å². The Kier molecular flexibility index (Phi) is 5.46. The van der Waals surface area contributed by atoms with Crippen LogP contribution in [0.5, 0.6) is 0 Å². The molecule has 0 radical (unpaired) electrons. The number of ether oxygens (including phenoxy) is 1. The molecule has 5 heteroatoms. The molecule has 2 aromatic rings. The zero-order chi connectivity index (χ0) is 17.6. The van der Waals surface area contributed by atoms with Crippen LogP contribution in [0.1, 0.15) is 34.7 Å². The molecule has 5 nitrogen and oxygen atoms in total. The molecule has 1 unspecified atom stereocenters. The average molecular weight is 338 g/mol. The lowest BCUT2D eigenvalue weighted by molar-refractivity contribution is -0.140. The molecule has 25 heavy (non-hydrogen) atoms. The van der Waals surface area contributed by atoms with E-state index in [0.717, 1.165) is 28.8 Å². The lowest BCUT2D eigenvalue weighted by atomic mass is 9.92. The van der Waals surface area contributed by atoms with Gasteiger partial charge in [0.2, 0.25) is 0 Å². The molecular formula is C20H22N2O3. The van der Waals surface area contributed by atoms with Gasteiger partial charge in [-0.25, -0.2) is 0 Å². The number of rotatable bonds is 6. The van der Waals surface area contributed by atoms with Crippen molar-refractivity contribution in [3.8, 4) is 0 Å². The van der Waals surface area contributed by atoms with Gasteiger partial charge < -0.3 is 15.2 Å². The molecule has 0 fully saturated rings. The maximum Gasteiger partial charge on any atom is 0.305 e. The second-order valence-corrected chi connectivity index (χ2v) is 6.13. The zero-order valence-electron chi connectivity index (χ0n) is 14.2. The number of aliphatic hydroxyl groups is 1. The van der Waals surface area contributed by atoms with Crippen molar-refractivity contribution in [1.82, 2.24) is 10.3 Å². The summed E-state index contributed by atoms with van der Waals surface area (Å²) in [4.78, 5) is 15.6. The normalized spacial score (nSPS) is 15.8. The van der Waals surface area contributed by atoms with E-state index < -0.39 is 0 Å². The monoisotopic (exact) mass is 338 g/mol. The van der Waals surface area contributed by atoms with Crippen LogP contribution in [-0.4, -0.2) is 29.8 Å². The molecule has 2 N–H and O–H groups in total. The van der Waals surface area contributed by atoms with Crippen LogP contribution in [-0.2, 0) is 22.4 Å². The van der Waals surface area contributed by atoms with Crippen molar-refractivity contribution >= 4 is 12.0 Å². The van der Waals surface area contributed by atoms with Crippen LogP contribution in [0, 0.1) is 0 Å². The molecule has 0 amide bonds. The summed E-state index contributed by atoms with van der Waals surface area (Å²) < 4.78 is 4.70. The number of aryl methyl sites for hydroxylation is 1. The second-order valence-electron chi connectivity index (χ2n) is 6.13. The van der Waals surface area contributed by atoms with Gasteiger partial charge >= 0.3 is 5.97 Å². The Balaban J connectivity index is 1.76. The molecule has 0 spiro atoms. The molecule has 0 bridgehead atoms. The highest BCUT2D eigenvalue weighted by molar-refractivity contribution is 5.69. The Labute approximate surface area is 147 Å². The lowest BCUT2D eigenvalue weighted by Gasteiger charge is -2.27. The van der Waals surface area contributed by atoms with Gasteiger partial charge in [0.1, 0.15) is 0 Å². The van der Waals surface area contributed by atoms with E-state index >= 15 is 0 Å². The topological polar surface area (TPSA) is 71.5 Å². The Morgan fingerprint density at radius 2 is 2.16 bits per heavy atom. The van der Waals surface area contributed by atoms with E-state index in [1.54, 1.807) is 6.20 Å². The van der Waals surface area contributed by atoms with Crippen molar-refractivity contribution in [3.63, 3.8) is 0 Å². The van der Waals surface area contributed by atoms with Crippen LogP contribution in [0.2, 0.25) is 0 Å². The number of hydrogen-bond acceptors (Lipinski definition) is 5. The largest absolute Gasteiger partial charge is 0.469 e. The van der Waals surface area contributed by atoms with Crippen LogP contribution in [0.15, 0.2) is 48.4 Å². The summed E-state index contributed by atoms with van der Waals surface area (Å²) in [5.74, 6) is -0.197. The fraction of sp³-hybridized carbons (Fsp3) is 0.300. The van der Waals surface area contributed by atoms with Gasteiger partial charge in [-0.15, -0.1) is 0 Å². The third-order valence-corrected chi connectivity index (χ3v) is 4.40. The predicted octanol–water partition coefficient (Wildman–Crippen LogP) is 2.41. The highest BCUT2D eigenvalue weighted by atomic mass is 16.5. The molecule has 1 atom stereocenters. The standard InChI is InChI=1S/C20H22N2O3/c1-25-20(24)6-5-14-3-2-4-15(9-14)10-19-18-12-21-8-7-16(18)11-17(13-23)22-19/h2-4,7-9,11-12,19,22-23H,5-6,10,13H2,1H3. The summed E-state index contributed by atoms with van der Waals surface area (Å²) in [5.41, 5.74) is 5.31. The molecule has 1 aliphatic heterocycles. The summed E-state index contributed by atoms with van der Waals surface area (Å²) in [6.07, 6.45) is 7.42. The van der Waals surface area contributed by atoms with Gasteiger partial charge in [0, 0.05) is 30.1 Å². The lowest BCUT2D eigenvalue weighted by Crippen LogP contribution is -2.28. The highest BCUT2D eigenvalue weighted by Gasteiger charge is 2.20. The van der Waals surface area contributed by atoms with Gasteiger partial charge in [0.15, 0.2) is 0 Å². The van der Waals surface area contributed by atoms with Gasteiger partial charge in [-0.2, -0.15) is 0 Å². The summed E-state index contributed by atoms with van der Waals surface area (Å²) in [6.45, 7) is -0.0164. The average Bonchev–Trinajstić information content (AvgIpc) is 2.66. The minimum Gasteiger partial charge on any atom is -0.469 e. The number of pyridine rings is 1. The van der Waals surface area contributed by atoms with E-state index in [0.29, 0.717) is 12.8 Å². The Morgan fingerprint density at radius 3 is 2.96 bits per heavy atom. The van der Waals surface area contributed by atoms with Crippen molar-refractivity contribution in [2.75, 3.05) is 13.7 Å². The third kappa shape index (κ3) is 4.25. The first-order valence-corrected chi connectivity index (χ1v) is 8.36. The smallest absolute Gasteiger partial charge is 0.305 e. The fourth-order valence-corrected chi connectivity index (χ4v) is 3.12. The Morgan fingerprint density at radius 1 is 1.32 bits per heavy atom. The van der Waals surface area contributed by atoms with Gasteiger partial charge in [0.05, 0.1) is 19.8 Å². The van der Waals surface area contributed by atoms with E-state index in [1.807, 2.05) is 30.5 Å². The second kappa shape index (κ2) is 7.94. The third-order valence-electron chi connectivity index (χ3n) is 4.40. The number of nitrogens with zero attached hydrogens (tertiary/aromatic N) is 1. The quantitative estimate of drug-likeness (QED) is 0.792. The Bertz CT molecular complexity index is 786. The van der Waals surface area contributed by atoms with Crippen LogP contribution < -0.4 is 5.32 Å². The predicted molar refractivity (Wildman–Crippen MR) is 95.7 cm³/mol. The van der Waals surface area contributed by atoms with Gasteiger partial charge in [-0.05, 0) is 41.7 Å². The van der Waals surface area contributed by atoms with E-state index in [2.05, 4.69) is 22.4 Å². The number of aromatic nitrogens is 1. The highest BCUT2D eigenvalue weighted by Crippen LogP contribution is 2.28. The SMILES string of the molecule is COC(=O)CCc1cccc(CC2NC(CO)=Cc3ccncc32)c1. The van der Waals surface area contributed by atoms with Gasteiger partial charge in [0.25, 0.3) is 0 Å². The molecule has 0 aliphatic carbocycles. The molecule has 1 aromatic carbocycles. The maximum atomic E-state index is 11.3. The number of carbonyl (C=O) groups is 1. The van der Waals surface area contributed by atoms with E-state index in [9.17, 15) is 9.90 Å². The number of esters is 1. The molecular weight excluding hydrogens is 316 g/mol. The molecule has 130 valence electrons. The van der Waals surface area contributed by atoms with E-state index in [1.165, 1.54) is 12.7 Å². The molecule has 0 saturated carbocycles. The van der Waals surface area contributed by atoms with Crippen molar-refractivity contribution in [2.45, 2.75) is 25.3 Å². The summed E-state index contributed by atoms with van der Waals surface area (Å²) in [6, 6.07) is 10.3. The first kappa shape index (κ1) is 17.2. The number of nitrogens with one attached hydrogen (secondary N) is 1. The maximum absolute atomic E-state index is 11.3. The number of methoxy groups -OCH3 is 1. The number of benzene rings is 1. The number of carbonyl (C=O) groups excluding carboxylic acids is 1. The number of fused-ring (bicyclic) bond motifs is 1. The number of aliphatic hydroxyl groups excluding tert-OH is 1. The minimum absolute atomic E-state index is 0.0164. The molecule has 1 aliphatic rings. The first-order valence-electron chi connectivity index (χ1n) is 8.36. The van der Waals surface area contributed by atoms with Crippen LogP contribution >= 0.6 is 0 Å². The fourth-order valence-electron chi connectivity index (χ4n) is 3.12. The van der Waals surface area contributed by atoms with Crippen molar-refractivity contribution < 1.29 is 14.6 Å². The molecule has 2 heterocycles. The summed E-state index contributed by atoms with van der Waals surface area (Å²) in [7, 11) is 1.41. The first-order chi connectivity index (χ1) is 12.2. The van der Waals surface area contributed by atoms with Crippen molar-refractivity contribution in [2.24, 2.45) is 0 Å².